The summed E-state index contributed by atoms with van der Waals surface area (Å²) in [6, 6.07) is 6.51. The molecule has 3 heteroatoms. The summed E-state index contributed by atoms with van der Waals surface area (Å²) in [4.78, 5) is 0. The van der Waals surface area contributed by atoms with Gasteiger partial charge in [0.1, 0.15) is 5.75 Å². The summed E-state index contributed by atoms with van der Waals surface area (Å²) in [7, 11) is 1.74. The molecule has 90 valence electrons. The molecule has 0 unspecified atom stereocenters. The van der Waals surface area contributed by atoms with Crippen LogP contribution in [0.5, 0.6) is 5.75 Å². The molecule has 0 amide bonds. The van der Waals surface area contributed by atoms with Crippen LogP contribution in [0.1, 0.15) is 30.9 Å². The zero-order valence-corrected chi connectivity index (χ0v) is 11.8. The Balaban J connectivity index is 2.76. The maximum absolute atomic E-state index is 5.43. The SMILES string of the molecule is COc1cc(C(C)C)ccc1CCNCBr. The fourth-order valence-corrected chi connectivity index (χ4v) is 1.90. The van der Waals surface area contributed by atoms with Crippen molar-refractivity contribution in [1.82, 2.24) is 5.32 Å². The molecular weight excluding hydrogens is 266 g/mol. The molecule has 0 aromatic heterocycles. The molecule has 1 rings (SSSR count). The predicted molar refractivity (Wildman–Crippen MR) is 72.6 cm³/mol. The topological polar surface area (TPSA) is 21.3 Å². The first kappa shape index (κ1) is 13.5. The molecule has 1 aromatic rings. The lowest BCUT2D eigenvalue weighted by Gasteiger charge is -2.12. The van der Waals surface area contributed by atoms with Crippen molar-refractivity contribution in [2.24, 2.45) is 0 Å². The van der Waals surface area contributed by atoms with Gasteiger partial charge >= 0.3 is 0 Å². The van der Waals surface area contributed by atoms with E-state index in [1.54, 1.807) is 7.11 Å². The second kappa shape index (κ2) is 6.92. The molecule has 2 nitrogen and oxygen atoms in total. The summed E-state index contributed by atoms with van der Waals surface area (Å²) in [5, 5.41) is 3.25. The first-order chi connectivity index (χ1) is 7.69. The molecule has 0 aliphatic carbocycles. The van der Waals surface area contributed by atoms with Crippen molar-refractivity contribution in [2.75, 3.05) is 19.1 Å². The highest BCUT2D eigenvalue weighted by Crippen LogP contribution is 2.24. The number of ether oxygens (including phenoxy) is 1. The maximum atomic E-state index is 5.43. The Kier molecular flexibility index (Phi) is 5.85. The Morgan fingerprint density at radius 2 is 2.12 bits per heavy atom. The van der Waals surface area contributed by atoms with Gasteiger partial charge in [-0.15, -0.1) is 0 Å². The van der Waals surface area contributed by atoms with Crippen molar-refractivity contribution in [3.05, 3.63) is 29.3 Å². The Morgan fingerprint density at radius 3 is 2.69 bits per heavy atom. The largest absolute Gasteiger partial charge is 0.496 e. The van der Waals surface area contributed by atoms with Gasteiger partial charge in [-0.25, -0.2) is 0 Å². The van der Waals surface area contributed by atoms with Crippen molar-refractivity contribution in [3.63, 3.8) is 0 Å². The quantitative estimate of drug-likeness (QED) is 0.492. The van der Waals surface area contributed by atoms with Crippen LogP contribution >= 0.6 is 15.9 Å². The number of hydrogen-bond donors (Lipinski definition) is 1. The van der Waals surface area contributed by atoms with Gasteiger partial charge in [0.25, 0.3) is 0 Å². The predicted octanol–water partition coefficient (Wildman–Crippen LogP) is 3.30. The van der Waals surface area contributed by atoms with E-state index in [1.807, 2.05) is 0 Å². The van der Waals surface area contributed by atoms with Crippen LogP contribution in [0, 0.1) is 0 Å². The van der Waals surface area contributed by atoms with Gasteiger partial charge in [0.15, 0.2) is 0 Å². The molecule has 0 atom stereocenters. The van der Waals surface area contributed by atoms with Crippen LogP contribution < -0.4 is 10.1 Å². The number of methoxy groups -OCH3 is 1. The van der Waals surface area contributed by atoms with Crippen molar-refractivity contribution >= 4 is 15.9 Å². The lowest BCUT2D eigenvalue weighted by Crippen LogP contribution is -2.14. The molecule has 0 radical (unpaired) electrons. The van der Waals surface area contributed by atoms with E-state index in [9.17, 15) is 0 Å². The number of halogens is 1. The average molecular weight is 286 g/mol. The van der Waals surface area contributed by atoms with Gasteiger partial charge in [-0.2, -0.15) is 0 Å². The minimum Gasteiger partial charge on any atom is -0.496 e. The summed E-state index contributed by atoms with van der Waals surface area (Å²) in [5.41, 5.74) is 3.42. The monoisotopic (exact) mass is 285 g/mol. The van der Waals surface area contributed by atoms with E-state index in [4.69, 9.17) is 4.74 Å². The molecule has 0 fully saturated rings. The van der Waals surface area contributed by atoms with Crippen molar-refractivity contribution in [3.8, 4) is 5.75 Å². The Labute approximate surface area is 107 Å². The van der Waals surface area contributed by atoms with Crippen molar-refractivity contribution in [2.45, 2.75) is 26.2 Å². The summed E-state index contributed by atoms with van der Waals surface area (Å²) < 4.78 is 5.43. The first-order valence-electron chi connectivity index (χ1n) is 5.62. The standard InChI is InChI=1S/C13H20BrNO/c1-10(2)12-5-4-11(6-7-15-9-14)13(8-12)16-3/h4-5,8,10,15H,6-7,9H2,1-3H3. The lowest BCUT2D eigenvalue weighted by atomic mass is 10.00. The normalized spacial score (nSPS) is 10.8. The molecule has 1 N–H and O–H groups in total. The van der Waals surface area contributed by atoms with Crippen molar-refractivity contribution in [1.29, 1.82) is 0 Å². The summed E-state index contributed by atoms with van der Waals surface area (Å²) in [5.74, 6) is 1.55. The smallest absolute Gasteiger partial charge is 0.122 e. The van der Waals surface area contributed by atoms with Gasteiger partial charge in [-0.1, -0.05) is 41.9 Å². The third kappa shape index (κ3) is 3.80. The highest BCUT2D eigenvalue weighted by molar-refractivity contribution is 9.09. The summed E-state index contributed by atoms with van der Waals surface area (Å²) >= 11 is 3.35. The molecule has 0 aliphatic rings. The number of nitrogens with one attached hydrogen (secondary N) is 1. The van der Waals surface area contributed by atoms with E-state index < -0.39 is 0 Å². The van der Waals surface area contributed by atoms with E-state index in [1.165, 1.54) is 11.1 Å². The number of rotatable bonds is 6. The Bertz CT molecular complexity index is 326. The summed E-state index contributed by atoms with van der Waals surface area (Å²) in [6.07, 6.45) is 0.993. The fraction of sp³-hybridized carbons (Fsp3) is 0.538. The van der Waals surface area contributed by atoms with Crippen LogP contribution in [0.4, 0.5) is 0 Å². The number of hydrogen-bond acceptors (Lipinski definition) is 2. The number of benzene rings is 1. The minimum atomic E-state index is 0.545. The second-order valence-electron chi connectivity index (χ2n) is 4.11. The van der Waals surface area contributed by atoms with Crippen LogP contribution in [-0.2, 0) is 6.42 Å². The average Bonchev–Trinajstić information content (AvgIpc) is 2.29. The first-order valence-corrected chi connectivity index (χ1v) is 6.74. The van der Waals surface area contributed by atoms with Crippen LogP contribution in [0.25, 0.3) is 0 Å². The second-order valence-corrected chi connectivity index (χ2v) is 4.67. The van der Waals surface area contributed by atoms with Gasteiger partial charge < -0.3 is 10.1 Å². The van der Waals surface area contributed by atoms with Gasteiger partial charge in [-0.3, -0.25) is 0 Å². The van der Waals surface area contributed by atoms with Gasteiger partial charge in [0, 0.05) is 6.54 Å². The van der Waals surface area contributed by atoms with Crippen molar-refractivity contribution < 1.29 is 4.74 Å². The minimum absolute atomic E-state index is 0.545. The third-order valence-corrected chi connectivity index (χ3v) is 3.04. The highest BCUT2D eigenvalue weighted by Gasteiger charge is 2.06. The zero-order chi connectivity index (χ0) is 12.0. The van der Waals surface area contributed by atoms with E-state index in [2.05, 4.69) is 53.3 Å². The maximum Gasteiger partial charge on any atom is 0.122 e. The molecule has 0 bridgehead atoms. The van der Waals surface area contributed by atoms with Gasteiger partial charge in [0.2, 0.25) is 0 Å². The molecular formula is C13H20BrNO. The van der Waals surface area contributed by atoms with E-state index in [-0.39, 0.29) is 0 Å². The molecule has 0 aliphatic heterocycles. The molecule has 0 saturated heterocycles. The van der Waals surface area contributed by atoms with Crippen LogP contribution in [-0.4, -0.2) is 19.1 Å². The Morgan fingerprint density at radius 1 is 1.38 bits per heavy atom. The zero-order valence-electron chi connectivity index (χ0n) is 10.2. The third-order valence-electron chi connectivity index (χ3n) is 2.64. The molecule has 16 heavy (non-hydrogen) atoms. The van der Waals surface area contributed by atoms with E-state index in [0.29, 0.717) is 5.92 Å². The molecule has 0 heterocycles. The molecule has 0 spiro atoms. The van der Waals surface area contributed by atoms with Crippen LogP contribution in [0.15, 0.2) is 18.2 Å². The molecule has 0 saturated carbocycles. The Hall–Kier alpha value is -0.540. The van der Waals surface area contributed by atoms with Gasteiger partial charge in [0.05, 0.1) is 12.6 Å². The fourth-order valence-electron chi connectivity index (χ4n) is 1.62. The number of alkyl halides is 1. The van der Waals surface area contributed by atoms with E-state index in [0.717, 1.165) is 24.2 Å². The molecule has 1 aromatic carbocycles. The van der Waals surface area contributed by atoms with Crippen LogP contribution in [0.3, 0.4) is 0 Å². The van der Waals surface area contributed by atoms with Gasteiger partial charge in [-0.05, 0) is 29.5 Å². The van der Waals surface area contributed by atoms with E-state index >= 15 is 0 Å². The summed E-state index contributed by atoms with van der Waals surface area (Å²) in [6.45, 7) is 5.35. The van der Waals surface area contributed by atoms with Crippen LogP contribution in [0.2, 0.25) is 0 Å². The lowest BCUT2D eigenvalue weighted by molar-refractivity contribution is 0.408. The highest BCUT2D eigenvalue weighted by atomic mass is 79.9.